The Morgan fingerprint density at radius 2 is 1.30 bits per heavy atom. The minimum Gasteiger partial charge on any atom is -0.443 e. The topological polar surface area (TPSA) is 127 Å². The SMILES string of the molecule is CCN(C(N)=NC(=O)OC(C)(C)C)c1ccc(N(C)Cc2ccccc2)c(CN(C(=O)OC(C)(C)C)C(=O)OC(C)(C)C)c1. The van der Waals surface area contributed by atoms with Crippen LogP contribution < -0.4 is 15.5 Å². The lowest BCUT2D eigenvalue weighted by Gasteiger charge is -2.31. The first-order valence-electron chi connectivity index (χ1n) is 14.6. The number of benzene rings is 2. The number of nitrogens with zero attached hydrogens (tertiary/aromatic N) is 4. The van der Waals surface area contributed by atoms with Gasteiger partial charge in [0.05, 0.1) is 6.54 Å². The maximum Gasteiger partial charge on any atom is 0.437 e. The second kappa shape index (κ2) is 14.5. The van der Waals surface area contributed by atoms with Crippen molar-refractivity contribution in [2.45, 2.75) is 99.1 Å². The van der Waals surface area contributed by atoms with E-state index in [4.69, 9.17) is 19.9 Å². The lowest BCUT2D eigenvalue weighted by molar-refractivity contribution is -0.000267. The molecule has 44 heavy (non-hydrogen) atoms. The summed E-state index contributed by atoms with van der Waals surface area (Å²) in [7, 11) is 1.92. The fourth-order valence-corrected chi connectivity index (χ4v) is 4.10. The molecule has 2 aromatic rings. The number of hydrogen-bond acceptors (Lipinski definition) is 7. The highest BCUT2D eigenvalue weighted by atomic mass is 16.6. The molecule has 0 heterocycles. The number of carbonyl (C=O) groups excluding carboxylic acids is 3. The Bertz CT molecular complexity index is 1290. The molecule has 0 unspecified atom stereocenters. The van der Waals surface area contributed by atoms with Crippen molar-refractivity contribution >= 4 is 35.6 Å². The molecule has 0 bridgehead atoms. The third-order valence-electron chi connectivity index (χ3n) is 5.80. The predicted molar refractivity (Wildman–Crippen MR) is 174 cm³/mol. The summed E-state index contributed by atoms with van der Waals surface area (Å²) < 4.78 is 16.5. The number of anilines is 2. The Balaban J connectivity index is 2.63. The van der Waals surface area contributed by atoms with Crippen LogP contribution in [0, 0.1) is 0 Å². The third-order valence-corrected chi connectivity index (χ3v) is 5.80. The van der Waals surface area contributed by atoms with Gasteiger partial charge in [-0.1, -0.05) is 30.3 Å². The Morgan fingerprint density at radius 3 is 1.77 bits per heavy atom. The van der Waals surface area contributed by atoms with Crippen LogP contribution in [-0.4, -0.2) is 59.5 Å². The number of amides is 3. The number of carbonyl (C=O) groups is 3. The normalized spacial score (nSPS) is 12.3. The zero-order valence-corrected chi connectivity index (χ0v) is 28.1. The van der Waals surface area contributed by atoms with E-state index in [2.05, 4.69) is 4.99 Å². The molecule has 0 spiro atoms. The molecule has 0 aliphatic heterocycles. The first kappa shape index (κ1) is 35.9. The molecule has 2 aromatic carbocycles. The van der Waals surface area contributed by atoms with Crippen LogP contribution in [0.25, 0.3) is 0 Å². The molecule has 0 atom stereocenters. The van der Waals surface area contributed by atoms with Crippen LogP contribution in [0.5, 0.6) is 0 Å². The highest BCUT2D eigenvalue weighted by Gasteiger charge is 2.32. The predicted octanol–water partition coefficient (Wildman–Crippen LogP) is 7.07. The van der Waals surface area contributed by atoms with Crippen molar-refractivity contribution < 1.29 is 28.6 Å². The molecule has 0 saturated carbocycles. The summed E-state index contributed by atoms with van der Waals surface area (Å²) in [5.41, 5.74) is 6.88. The van der Waals surface area contributed by atoms with Crippen molar-refractivity contribution in [3.8, 4) is 0 Å². The maximum atomic E-state index is 13.4. The molecule has 0 fully saturated rings. The second-order valence-corrected chi connectivity index (χ2v) is 13.4. The van der Waals surface area contributed by atoms with Crippen molar-refractivity contribution in [2.24, 2.45) is 10.7 Å². The molecular formula is C33H49N5O6. The fraction of sp³-hybridized carbons (Fsp3) is 0.515. The summed E-state index contributed by atoms with van der Waals surface area (Å²) in [5.74, 6) is -0.0609. The van der Waals surface area contributed by atoms with E-state index in [0.717, 1.165) is 16.2 Å². The van der Waals surface area contributed by atoms with Crippen LogP contribution in [0.4, 0.5) is 25.8 Å². The largest absolute Gasteiger partial charge is 0.443 e. The summed E-state index contributed by atoms with van der Waals surface area (Å²) in [4.78, 5) is 47.7. The molecule has 0 aliphatic carbocycles. The lowest BCUT2D eigenvalue weighted by atomic mass is 10.1. The van der Waals surface area contributed by atoms with Gasteiger partial charge in [-0.15, -0.1) is 4.99 Å². The minimum absolute atomic E-state index is 0.0609. The molecule has 242 valence electrons. The van der Waals surface area contributed by atoms with E-state index < -0.39 is 35.1 Å². The van der Waals surface area contributed by atoms with E-state index in [9.17, 15) is 14.4 Å². The van der Waals surface area contributed by atoms with E-state index in [1.165, 1.54) is 0 Å². The van der Waals surface area contributed by atoms with Gasteiger partial charge in [0.1, 0.15) is 16.8 Å². The van der Waals surface area contributed by atoms with Crippen molar-refractivity contribution in [1.82, 2.24) is 4.90 Å². The van der Waals surface area contributed by atoms with Gasteiger partial charge in [-0.05, 0) is 98.6 Å². The highest BCUT2D eigenvalue weighted by molar-refractivity contribution is 6.00. The van der Waals surface area contributed by atoms with E-state index in [-0.39, 0.29) is 12.5 Å². The van der Waals surface area contributed by atoms with Gasteiger partial charge in [0, 0.05) is 31.5 Å². The first-order valence-corrected chi connectivity index (χ1v) is 14.6. The van der Waals surface area contributed by atoms with Crippen LogP contribution in [0.15, 0.2) is 53.5 Å². The lowest BCUT2D eigenvalue weighted by Crippen LogP contribution is -2.43. The Labute approximate surface area is 261 Å². The monoisotopic (exact) mass is 611 g/mol. The Kier molecular flexibility index (Phi) is 11.8. The quantitative estimate of drug-likeness (QED) is 0.199. The third kappa shape index (κ3) is 11.8. The average Bonchev–Trinajstić information content (AvgIpc) is 2.85. The van der Waals surface area contributed by atoms with E-state index in [1.807, 2.05) is 61.3 Å². The van der Waals surface area contributed by atoms with Gasteiger partial charge in [-0.25, -0.2) is 19.3 Å². The molecule has 11 nitrogen and oxygen atoms in total. The van der Waals surface area contributed by atoms with Gasteiger partial charge in [0.15, 0.2) is 0 Å². The standard InChI is InChI=1S/C33H49N5O6/c1-12-37(27(34)35-28(39)42-31(2,3)4)25-18-19-26(36(11)21-23-16-14-13-15-17-23)24(20-25)22-38(29(40)43-32(5,6)7)30(41)44-33(8,9)10/h13-20H,12,21-22H2,1-11H3,(H2,34,35,39). The van der Waals surface area contributed by atoms with Crippen LogP contribution in [0.3, 0.4) is 0 Å². The van der Waals surface area contributed by atoms with Gasteiger partial charge < -0.3 is 29.7 Å². The highest BCUT2D eigenvalue weighted by Crippen LogP contribution is 2.29. The number of guanidine groups is 1. The smallest absolute Gasteiger partial charge is 0.437 e. The van der Waals surface area contributed by atoms with Gasteiger partial charge in [-0.2, -0.15) is 0 Å². The zero-order valence-electron chi connectivity index (χ0n) is 28.1. The number of aliphatic imine (C=N–C) groups is 1. The minimum atomic E-state index is -0.849. The summed E-state index contributed by atoms with van der Waals surface area (Å²) in [6.07, 6.45) is -2.49. The fourth-order valence-electron chi connectivity index (χ4n) is 4.10. The number of ether oxygens (including phenoxy) is 3. The number of rotatable bonds is 7. The maximum absolute atomic E-state index is 13.4. The Hall–Kier alpha value is -4.28. The molecule has 2 N–H and O–H groups in total. The van der Waals surface area contributed by atoms with Crippen LogP contribution >= 0.6 is 0 Å². The van der Waals surface area contributed by atoms with Crippen LogP contribution in [0.1, 0.15) is 80.4 Å². The zero-order chi connectivity index (χ0) is 33.5. The summed E-state index contributed by atoms with van der Waals surface area (Å²) in [6.45, 7) is 18.2. The second-order valence-electron chi connectivity index (χ2n) is 13.4. The molecule has 0 aromatic heterocycles. The summed E-state index contributed by atoms with van der Waals surface area (Å²) >= 11 is 0. The molecule has 11 heteroatoms. The van der Waals surface area contributed by atoms with Gasteiger partial charge in [-0.3, -0.25) is 0 Å². The van der Waals surface area contributed by atoms with Crippen LogP contribution in [-0.2, 0) is 27.3 Å². The Morgan fingerprint density at radius 1 is 0.773 bits per heavy atom. The van der Waals surface area contributed by atoms with Gasteiger partial charge >= 0.3 is 18.3 Å². The van der Waals surface area contributed by atoms with Crippen molar-refractivity contribution in [3.63, 3.8) is 0 Å². The average molecular weight is 612 g/mol. The van der Waals surface area contributed by atoms with Crippen LogP contribution in [0.2, 0.25) is 0 Å². The molecule has 0 radical (unpaired) electrons. The van der Waals surface area contributed by atoms with E-state index in [1.54, 1.807) is 73.3 Å². The molecule has 0 saturated heterocycles. The van der Waals surface area contributed by atoms with E-state index in [0.29, 0.717) is 24.3 Å². The first-order chi connectivity index (χ1) is 20.2. The molecule has 3 amide bonds. The van der Waals surface area contributed by atoms with Crippen molar-refractivity contribution in [2.75, 3.05) is 23.4 Å². The molecule has 2 rings (SSSR count). The molecular weight excluding hydrogens is 562 g/mol. The number of hydrogen-bond donors (Lipinski definition) is 1. The number of nitrogens with two attached hydrogens (primary N) is 1. The van der Waals surface area contributed by atoms with Crippen molar-refractivity contribution in [3.05, 3.63) is 59.7 Å². The van der Waals surface area contributed by atoms with Gasteiger partial charge in [0.25, 0.3) is 0 Å². The van der Waals surface area contributed by atoms with Gasteiger partial charge in [0.2, 0.25) is 5.96 Å². The number of imide groups is 1. The molecule has 0 aliphatic rings. The van der Waals surface area contributed by atoms with E-state index >= 15 is 0 Å². The van der Waals surface area contributed by atoms with Crippen molar-refractivity contribution in [1.29, 1.82) is 0 Å². The summed E-state index contributed by atoms with van der Waals surface area (Å²) in [5, 5.41) is 0. The summed E-state index contributed by atoms with van der Waals surface area (Å²) in [6, 6.07) is 15.4.